The molecule has 0 spiro atoms. The van der Waals surface area contributed by atoms with Gasteiger partial charge >= 0.3 is 0 Å². The summed E-state index contributed by atoms with van der Waals surface area (Å²) in [5.74, 6) is 1.41. The van der Waals surface area contributed by atoms with E-state index >= 15 is 0 Å². The van der Waals surface area contributed by atoms with Crippen LogP contribution in [0.1, 0.15) is 43.6 Å². The van der Waals surface area contributed by atoms with Crippen LogP contribution >= 0.6 is 0 Å². The summed E-state index contributed by atoms with van der Waals surface area (Å²) in [6.45, 7) is 6.17. The maximum atomic E-state index is 9.12. The second-order valence-corrected chi connectivity index (χ2v) is 12.0. The summed E-state index contributed by atoms with van der Waals surface area (Å²) in [7, 11) is 2.19. The van der Waals surface area contributed by atoms with Crippen molar-refractivity contribution in [3.05, 3.63) is 144 Å². The van der Waals surface area contributed by atoms with Gasteiger partial charge in [0.25, 0.3) is 5.82 Å². The predicted octanol–water partition coefficient (Wildman–Crippen LogP) is 8.98. The van der Waals surface area contributed by atoms with E-state index in [0.29, 0.717) is 0 Å². The Morgan fingerprint density at radius 1 is 0.818 bits per heavy atom. The molecule has 4 nitrogen and oxygen atoms in total. The number of imidazole rings is 2. The van der Waals surface area contributed by atoms with Crippen LogP contribution in [0.4, 0.5) is 0 Å². The van der Waals surface area contributed by atoms with Gasteiger partial charge in [-0.3, -0.25) is 0 Å². The Kier molecular flexibility index (Phi) is 5.86. The van der Waals surface area contributed by atoms with E-state index in [1.54, 1.807) is 0 Å². The number of aromatic nitrogens is 4. The van der Waals surface area contributed by atoms with Crippen LogP contribution in [-0.4, -0.2) is 14.1 Å². The van der Waals surface area contributed by atoms with Crippen LogP contribution in [0.5, 0.6) is 0 Å². The molecule has 0 aliphatic carbocycles. The van der Waals surface area contributed by atoms with Crippen molar-refractivity contribution in [2.75, 3.05) is 0 Å². The largest absolute Gasteiger partial charge is 0.303 e. The van der Waals surface area contributed by atoms with Crippen LogP contribution in [0.25, 0.3) is 56.0 Å². The summed E-state index contributed by atoms with van der Waals surface area (Å²) in [6.07, 6.45) is 4.74. The molecule has 0 saturated heterocycles. The molecule has 8 rings (SSSR count). The van der Waals surface area contributed by atoms with Crippen molar-refractivity contribution in [2.45, 2.75) is 33.1 Å². The monoisotopic (exact) mass is 572 g/mol. The zero-order valence-electron chi connectivity index (χ0n) is 26.5. The van der Waals surface area contributed by atoms with Crippen molar-refractivity contribution < 1.29 is 5.94 Å². The van der Waals surface area contributed by atoms with Crippen LogP contribution in [0.15, 0.2) is 122 Å². The molecule has 0 unspecified atom stereocenters. The molecule has 5 aromatic carbocycles. The molecule has 7 aromatic rings. The first-order chi connectivity index (χ1) is 21.8. The predicted molar refractivity (Wildman–Crippen MR) is 180 cm³/mol. The summed E-state index contributed by atoms with van der Waals surface area (Å²) >= 11 is 0. The third-order valence-electron chi connectivity index (χ3n) is 9.13. The Balaban J connectivity index is 1.56. The number of para-hydroxylation sites is 2. The van der Waals surface area contributed by atoms with E-state index < -0.39 is 5.89 Å². The normalized spacial score (nSPS) is 12.8. The lowest BCUT2D eigenvalue weighted by molar-refractivity contribution is -0.633. The lowest BCUT2D eigenvalue weighted by Gasteiger charge is -2.19. The number of hydrogen-bond acceptors (Lipinski definition) is 1. The number of aryl methyl sites for hydroxylation is 2. The summed E-state index contributed by atoms with van der Waals surface area (Å²) in [5, 5.41) is 0. The van der Waals surface area contributed by atoms with Gasteiger partial charge in [0.2, 0.25) is 0 Å². The van der Waals surface area contributed by atoms with Gasteiger partial charge < -0.3 is 4.57 Å². The minimum Gasteiger partial charge on any atom is -0.303 e. The van der Waals surface area contributed by atoms with Gasteiger partial charge in [0.1, 0.15) is 11.5 Å². The Morgan fingerprint density at radius 2 is 1.45 bits per heavy atom. The Labute approximate surface area is 259 Å². The number of hydrogen-bond donors (Lipinski definition) is 0. The summed E-state index contributed by atoms with van der Waals surface area (Å²) in [6, 6.07) is 38.9. The summed E-state index contributed by atoms with van der Waals surface area (Å²) in [5.41, 5.74) is 13.8. The van der Waals surface area contributed by atoms with E-state index in [9.17, 15) is 0 Å². The average molecular weight is 573 g/mol. The zero-order chi connectivity index (χ0) is 30.9. The maximum absolute atomic E-state index is 9.12. The number of benzene rings is 5. The van der Waals surface area contributed by atoms with Gasteiger partial charge in [-0.05, 0) is 71.0 Å². The molecule has 0 radical (unpaired) electrons. The van der Waals surface area contributed by atoms with Crippen molar-refractivity contribution in [3.63, 3.8) is 0 Å². The SMILES string of the molecule is [2H]C(C)(C)c1cc(-c2ccccc2)c(-n2c(-c3c(C)ccc4c3Cc3nccn3-4)[n+](C)c3ccccc32)c(-c2ccccc2)c1. The first kappa shape index (κ1) is 25.3. The quantitative estimate of drug-likeness (QED) is 0.189. The molecular weight excluding hydrogens is 536 g/mol. The second-order valence-electron chi connectivity index (χ2n) is 12.0. The van der Waals surface area contributed by atoms with E-state index in [4.69, 9.17) is 6.35 Å². The van der Waals surface area contributed by atoms with E-state index in [2.05, 4.69) is 143 Å². The lowest BCUT2D eigenvalue weighted by atomic mass is 9.89. The van der Waals surface area contributed by atoms with Gasteiger partial charge in [0.05, 0.1) is 18.3 Å². The minimum absolute atomic E-state index is 0.782. The highest BCUT2D eigenvalue weighted by Gasteiger charge is 2.35. The molecule has 2 aromatic heterocycles. The van der Waals surface area contributed by atoms with E-state index in [1.807, 2.05) is 20.0 Å². The van der Waals surface area contributed by atoms with Crippen LogP contribution in [0, 0.1) is 6.92 Å². The smallest absolute Gasteiger partial charge is 0.295 e. The van der Waals surface area contributed by atoms with Crippen molar-refractivity contribution in [3.8, 4) is 45.0 Å². The fraction of sp³-hybridized carbons (Fsp3) is 0.150. The fourth-order valence-electron chi connectivity index (χ4n) is 6.97. The van der Waals surface area contributed by atoms with Crippen molar-refractivity contribution in [1.29, 1.82) is 0 Å². The highest BCUT2D eigenvalue weighted by molar-refractivity contribution is 5.92. The molecule has 0 bridgehead atoms. The Morgan fingerprint density at radius 3 is 2.11 bits per heavy atom. The summed E-state index contributed by atoms with van der Waals surface area (Å²) < 4.78 is 16.2. The van der Waals surface area contributed by atoms with Crippen molar-refractivity contribution >= 4 is 11.0 Å². The molecule has 1 aliphatic rings. The highest BCUT2D eigenvalue weighted by Crippen LogP contribution is 2.44. The highest BCUT2D eigenvalue weighted by atomic mass is 15.2. The molecule has 1 aliphatic heterocycles. The summed E-state index contributed by atoms with van der Waals surface area (Å²) in [4.78, 5) is 4.69. The van der Waals surface area contributed by atoms with Crippen molar-refractivity contribution in [2.24, 2.45) is 7.05 Å². The molecule has 4 heteroatoms. The van der Waals surface area contributed by atoms with Gasteiger partial charge in [0, 0.05) is 31.3 Å². The Bertz CT molecular complexity index is 2170. The Hall–Kier alpha value is -5.22. The molecule has 44 heavy (non-hydrogen) atoms. The van der Waals surface area contributed by atoms with Crippen molar-refractivity contribution in [1.82, 2.24) is 14.1 Å². The molecule has 0 amide bonds. The maximum Gasteiger partial charge on any atom is 0.295 e. The van der Waals surface area contributed by atoms with Crippen LogP contribution in [0.3, 0.4) is 0 Å². The average Bonchev–Trinajstić information content (AvgIpc) is 3.73. The first-order valence-corrected chi connectivity index (χ1v) is 15.3. The van der Waals surface area contributed by atoms with Gasteiger partial charge in [-0.2, -0.15) is 4.57 Å². The number of fused-ring (bicyclic) bond motifs is 4. The van der Waals surface area contributed by atoms with Crippen LogP contribution < -0.4 is 4.57 Å². The third-order valence-corrected chi connectivity index (χ3v) is 9.13. The van der Waals surface area contributed by atoms with Crippen LogP contribution in [0.2, 0.25) is 0 Å². The fourth-order valence-corrected chi connectivity index (χ4v) is 6.97. The van der Waals surface area contributed by atoms with Gasteiger partial charge in [-0.25, -0.2) is 9.55 Å². The molecule has 0 fully saturated rings. The molecule has 3 heterocycles. The topological polar surface area (TPSA) is 26.6 Å². The van der Waals surface area contributed by atoms with E-state index in [-0.39, 0.29) is 0 Å². The molecule has 0 atom stereocenters. The van der Waals surface area contributed by atoms with Gasteiger partial charge in [-0.15, -0.1) is 0 Å². The third kappa shape index (κ3) is 3.98. The first-order valence-electron chi connectivity index (χ1n) is 15.8. The second kappa shape index (κ2) is 10.2. The zero-order valence-corrected chi connectivity index (χ0v) is 25.5. The molecular formula is C40H35N4+. The molecule has 0 saturated carbocycles. The number of nitrogens with zero attached hydrogens (tertiary/aromatic N) is 4. The molecule has 0 N–H and O–H groups in total. The lowest BCUT2D eigenvalue weighted by Crippen LogP contribution is -2.31. The van der Waals surface area contributed by atoms with Gasteiger partial charge in [0.15, 0.2) is 11.0 Å². The minimum atomic E-state index is -0.783. The standard InChI is InChI=1S/C40H35N4/c1-26(2)30-23-31(28-13-7-5-8-14-28)39(32(24-30)29-15-9-6-10-16-29)44-36-18-12-11-17-35(36)42(4)40(44)38-27(3)19-20-34-33(38)25-37-41-21-22-43(34)37/h5-24,26H,25H2,1-4H3/q+1/i26D. The van der Waals surface area contributed by atoms with Gasteiger partial charge in [-0.1, -0.05) is 92.7 Å². The molecule has 214 valence electrons. The van der Waals surface area contributed by atoms with Crippen LogP contribution in [-0.2, 0) is 13.5 Å². The van der Waals surface area contributed by atoms with E-state index in [1.165, 1.54) is 22.4 Å². The van der Waals surface area contributed by atoms with E-state index in [0.717, 1.165) is 62.6 Å². The number of rotatable bonds is 5.